The molecule has 0 atom stereocenters. The van der Waals surface area contributed by atoms with E-state index in [0.29, 0.717) is 11.4 Å². The third-order valence-corrected chi connectivity index (χ3v) is 1.60. The molecule has 0 unspecified atom stereocenters. The van der Waals surface area contributed by atoms with Crippen LogP contribution in [0.4, 0.5) is 5.69 Å². The van der Waals surface area contributed by atoms with E-state index in [4.69, 9.17) is 11.7 Å². The van der Waals surface area contributed by atoms with Crippen LogP contribution in [0.1, 0.15) is 17.4 Å². The van der Waals surface area contributed by atoms with E-state index in [2.05, 4.69) is 10.1 Å². The van der Waals surface area contributed by atoms with Crippen LogP contribution in [0.3, 0.4) is 0 Å². The number of Topliss-reactive ketones (excluding diaryl/α,β-unsaturated/α-hetero) is 1. The van der Waals surface area contributed by atoms with Gasteiger partial charge in [-0.1, -0.05) is 0 Å². The lowest BCUT2D eigenvalue weighted by molar-refractivity contribution is 0.101. The Morgan fingerprint density at radius 1 is 1.64 bits per heavy atom. The Balaban J connectivity index is 2.88. The second kappa shape index (κ2) is 4.33. The number of carbonyl (C=O) groups is 1. The Morgan fingerprint density at radius 3 is 2.79 bits per heavy atom. The molecule has 6 nitrogen and oxygen atoms in total. The first-order chi connectivity index (χ1) is 6.65. The predicted molar refractivity (Wildman–Crippen MR) is 53.6 cm³/mol. The number of aromatic nitrogens is 1. The quantitative estimate of drug-likeness (QED) is 0.229. The normalized spacial score (nSPS) is 10.4. The largest absolute Gasteiger partial charge is 0.322 e. The van der Waals surface area contributed by atoms with Crippen LogP contribution in [0.25, 0.3) is 0 Å². The number of rotatable bonds is 3. The first kappa shape index (κ1) is 10.1. The Kier molecular flexibility index (Phi) is 3.14. The fraction of sp³-hybridized carbons (Fsp3) is 0.125. The van der Waals surface area contributed by atoms with Crippen LogP contribution in [-0.2, 0) is 0 Å². The summed E-state index contributed by atoms with van der Waals surface area (Å²) < 4.78 is 0. The Labute approximate surface area is 81.2 Å². The Bertz CT molecular complexity index is 345. The van der Waals surface area contributed by atoms with Crippen LogP contribution in [0.15, 0.2) is 23.4 Å². The molecule has 0 fully saturated rings. The van der Waals surface area contributed by atoms with Crippen molar-refractivity contribution >= 4 is 17.8 Å². The first-order valence-corrected chi connectivity index (χ1v) is 3.89. The number of pyridine rings is 1. The lowest BCUT2D eigenvalue weighted by Gasteiger charge is -2.10. The third kappa shape index (κ3) is 2.27. The van der Waals surface area contributed by atoms with E-state index >= 15 is 0 Å². The van der Waals surface area contributed by atoms with Crippen molar-refractivity contribution in [3.05, 3.63) is 24.0 Å². The first-order valence-electron chi connectivity index (χ1n) is 3.89. The summed E-state index contributed by atoms with van der Waals surface area (Å²) in [4.78, 5) is 14.8. The number of hydrazone groups is 1. The van der Waals surface area contributed by atoms with Gasteiger partial charge in [0.25, 0.3) is 0 Å². The van der Waals surface area contributed by atoms with E-state index in [1.807, 2.05) is 0 Å². The number of hydrogen-bond donors (Lipinski definition) is 2. The molecule has 0 spiro atoms. The summed E-state index contributed by atoms with van der Waals surface area (Å²) in [5.74, 6) is 10.3. The van der Waals surface area contributed by atoms with E-state index in [1.54, 1.807) is 12.1 Å². The monoisotopic (exact) mass is 193 g/mol. The summed E-state index contributed by atoms with van der Waals surface area (Å²) in [6.07, 6.45) is 2.71. The van der Waals surface area contributed by atoms with Gasteiger partial charge in [-0.15, -0.1) is 0 Å². The van der Waals surface area contributed by atoms with Gasteiger partial charge in [0.05, 0.1) is 11.9 Å². The minimum Gasteiger partial charge on any atom is -0.322 e. The Morgan fingerprint density at radius 2 is 2.36 bits per heavy atom. The average Bonchev–Trinajstić information content (AvgIpc) is 2.18. The van der Waals surface area contributed by atoms with Gasteiger partial charge in [0.15, 0.2) is 5.78 Å². The fourth-order valence-corrected chi connectivity index (χ4v) is 0.886. The number of ketones is 1. The van der Waals surface area contributed by atoms with Gasteiger partial charge in [-0.25, -0.2) is 5.84 Å². The SMILES string of the molecule is CC(=O)c1ccc(N(N)/C=N\N)cn1. The molecule has 0 aliphatic heterocycles. The van der Waals surface area contributed by atoms with Crippen LogP contribution in [-0.4, -0.2) is 17.1 Å². The van der Waals surface area contributed by atoms with Crippen LogP contribution < -0.4 is 16.7 Å². The van der Waals surface area contributed by atoms with Crippen molar-refractivity contribution in [2.45, 2.75) is 6.92 Å². The molecular weight excluding hydrogens is 182 g/mol. The van der Waals surface area contributed by atoms with E-state index in [9.17, 15) is 4.79 Å². The highest BCUT2D eigenvalue weighted by molar-refractivity contribution is 5.92. The van der Waals surface area contributed by atoms with Gasteiger partial charge in [0.1, 0.15) is 12.0 Å². The van der Waals surface area contributed by atoms with Crippen LogP contribution in [0.5, 0.6) is 0 Å². The number of anilines is 1. The van der Waals surface area contributed by atoms with E-state index < -0.39 is 0 Å². The molecule has 14 heavy (non-hydrogen) atoms. The number of nitrogens with two attached hydrogens (primary N) is 2. The summed E-state index contributed by atoms with van der Waals surface area (Å²) in [5, 5.41) is 4.46. The highest BCUT2D eigenvalue weighted by Gasteiger charge is 2.02. The highest BCUT2D eigenvalue weighted by atomic mass is 16.1. The molecule has 0 saturated carbocycles. The lowest BCUT2D eigenvalue weighted by Crippen LogP contribution is -2.29. The van der Waals surface area contributed by atoms with Gasteiger partial charge in [-0.05, 0) is 12.1 Å². The molecular formula is C8H11N5O. The summed E-state index contributed by atoms with van der Waals surface area (Å²) in [6.45, 7) is 1.45. The summed E-state index contributed by atoms with van der Waals surface area (Å²) in [5.41, 5.74) is 0.996. The minimum atomic E-state index is -0.0902. The molecule has 0 saturated heterocycles. The molecule has 74 valence electrons. The maximum Gasteiger partial charge on any atom is 0.178 e. The van der Waals surface area contributed by atoms with Crippen molar-refractivity contribution in [2.24, 2.45) is 16.8 Å². The molecule has 1 aromatic rings. The van der Waals surface area contributed by atoms with Crippen LogP contribution in [0, 0.1) is 0 Å². The van der Waals surface area contributed by atoms with Crippen molar-refractivity contribution in [3.8, 4) is 0 Å². The zero-order valence-electron chi connectivity index (χ0n) is 7.71. The van der Waals surface area contributed by atoms with E-state index in [0.717, 1.165) is 0 Å². The van der Waals surface area contributed by atoms with Crippen molar-refractivity contribution in [1.82, 2.24) is 4.98 Å². The molecule has 0 aromatic carbocycles. The average molecular weight is 193 g/mol. The number of hydrogen-bond acceptors (Lipinski definition) is 5. The molecule has 4 N–H and O–H groups in total. The summed E-state index contributed by atoms with van der Waals surface area (Å²) >= 11 is 0. The molecule has 1 aromatic heterocycles. The number of carbonyl (C=O) groups excluding carboxylic acids is 1. The van der Waals surface area contributed by atoms with E-state index in [-0.39, 0.29) is 5.78 Å². The smallest absolute Gasteiger partial charge is 0.178 e. The minimum absolute atomic E-state index is 0.0902. The van der Waals surface area contributed by atoms with Crippen LogP contribution >= 0.6 is 0 Å². The molecule has 0 amide bonds. The third-order valence-electron chi connectivity index (χ3n) is 1.60. The Hall–Kier alpha value is -1.95. The fourth-order valence-electron chi connectivity index (χ4n) is 0.886. The molecule has 0 aliphatic carbocycles. The predicted octanol–water partition coefficient (Wildman–Crippen LogP) is -0.134. The van der Waals surface area contributed by atoms with Gasteiger partial charge in [-0.3, -0.25) is 14.8 Å². The standard InChI is InChI=1S/C8H11N5O/c1-6(14)8-3-2-7(4-11-8)13(10)5-12-9/h2-5H,9-10H2,1H3/b12-5-. The van der Waals surface area contributed by atoms with Crippen molar-refractivity contribution < 1.29 is 4.79 Å². The molecule has 0 radical (unpaired) electrons. The van der Waals surface area contributed by atoms with Gasteiger partial charge in [-0.2, -0.15) is 5.10 Å². The van der Waals surface area contributed by atoms with Gasteiger partial charge in [0, 0.05) is 6.92 Å². The maximum atomic E-state index is 10.9. The lowest BCUT2D eigenvalue weighted by atomic mass is 10.2. The van der Waals surface area contributed by atoms with Crippen LogP contribution in [0.2, 0.25) is 0 Å². The second-order valence-electron chi connectivity index (χ2n) is 2.63. The molecule has 0 aliphatic rings. The van der Waals surface area contributed by atoms with Gasteiger partial charge >= 0.3 is 0 Å². The topological polar surface area (TPSA) is 97.6 Å². The zero-order valence-corrected chi connectivity index (χ0v) is 7.71. The number of nitrogens with zero attached hydrogens (tertiary/aromatic N) is 3. The maximum absolute atomic E-state index is 10.9. The summed E-state index contributed by atoms with van der Waals surface area (Å²) in [7, 11) is 0. The molecule has 6 heteroatoms. The van der Waals surface area contributed by atoms with Gasteiger partial charge in [0.2, 0.25) is 0 Å². The summed E-state index contributed by atoms with van der Waals surface area (Å²) in [6, 6.07) is 3.24. The molecule has 1 rings (SSSR count). The zero-order chi connectivity index (χ0) is 10.6. The van der Waals surface area contributed by atoms with Crippen molar-refractivity contribution in [3.63, 3.8) is 0 Å². The molecule has 1 heterocycles. The number of hydrazine groups is 1. The van der Waals surface area contributed by atoms with Gasteiger partial charge < -0.3 is 5.84 Å². The van der Waals surface area contributed by atoms with Crippen molar-refractivity contribution in [2.75, 3.05) is 5.01 Å². The molecule has 0 bridgehead atoms. The second-order valence-corrected chi connectivity index (χ2v) is 2.63. The van der Waals surface area contributed by atoms with E-state index in [1.165, 1.54) is 24.5 Å². The van der Waals surface area contributed by atoms with Crippen molar-refractivity contribution in [1.29, 1.82) is 0 Å². The highest BCUT2D eigenvalue weighted by Crippen LogP contribution is 2.08.